The van der Waals surface area contributed by atoms with Crippen molar-refractivity contribution in [1.29, 1.82) is 0 Å². The van der Waals surface area contributed by atoms with Crippen LogP contribution in [0.2, 0.25) is 0 Å². The maximum absolute atomic E-state index is 12.3. The van der Waals surface area contributed by atoms with Crippen LogP contribution in [0.5, 0.6) is 0 Å². The van der Waals surface area contributed by atoms with Gasteiger partial charge in [-0.1, -0.05) is 56.0 Å². The van der Waals surface area contributed by atoms with E-state index < -0.39 is 0 Å². The Labute approximate surface area is 166 Å². The van der Waals surface area contributed by atoms with Gasteiger partial charge in [0.1, 0.15) is 6.10 Å². The van der Waals surface area contributed by atoms with E-state index in [2.05, 4.69) is 29.0 Å². The van der Waals surface area contributed by atoms with Gasteiger partial charge in [0, 0.05) is 12.2 Å². The summed E-state index contributed by atoms with van der Waals surface area (Å²) >= 11 is 0. The predicted molar refractivity (Wildman–Crippen MR) is 108 cm³/mol. The first-order valence-electron chi connectivity index (χ1n) is 10.5. The Kier molecular flexibility index (Phi) is 6.27. The lowest BCUT2D eigenvalue weighted by molar-refractivity contribution is 0.0410. The lowest BCUT2D eigenvalue weighted by Crippen LogP contribution is -2.43. The van der Waals surface area contributed by atoms with E-state index in [-0.39, 0.29) is 12.1 Å². The van der Waals surface area contributed by atoms with E-state index in [4.69, 9.17) is 9.84 Å². The zero-order chi connectivity index (χ0) is 19.2. The number of urea groups is 1. The van der Waals surface area contributed by atoms with Crippen molar-refractivity contribution in [2.75, 3.05) is 13.2 Å². The van der Waals surface area contributed by atoms with Gasteiger partial charge in [-0.3, -0.25) is 4.68 Å². The normalized spacial score (nSPS) is 20.2. The highest BCUT2D eigenvalue weighted by Gasteiger charge is 2.25. The Morgan fingerprint density at radius 2 is 1.93 bits per heavy atom. The standard InChI is InChI=1S/C22H30N4O2/c27-22(24-19-10-6-1-2-7-11-19)23-14-20-21-18(12-13-28-20)16-26(25-21)15-17-8-4-3-5-9-17/h3-5,8-9,16,19-20H,1-2,6-7,10-15H2,(H2,23,24,27)/t20-/m0/s1. The molecule has 1 aliphatic heterocycles. The minimum absolute atomic E-state index is 0.0914. The molecule has 1 fully saturated rings. The van der Waals surface area contributed by atoms with Crippen molar-refractivity contribution >= 4 is 6.03 Å². The van der Waals surface area contributed by atoms with Gasteiger partial charge in [0.05, 0.1) is 25.4 Å². The van der Waals surface area contributed by atoms with Gasteiger partial charge in [-0.25, -0.2) is 4.79 Å². The SMILES string of the molecule is O=C(NC[C@@H]1OCCc2cn(Cc3ccccc3)nc21)NC1CCCCCC1. The number of amides is 2. The van der Waals surface area contributed by atoms with Crippen molar-refractivity contribution in [3.05, 3.63) is 53.3 Å². The molecular weight excluding hydrogens is 352 g/mol. The van der Waals surface area contributed by atoms with Crippen LogP contribution in [-0.4, -0.2) is 35.0 Å². The second-order valence-corrected chi connectivity index (χ2v) is 7.88. The van der Waals surface area contributed by atoms with Crippen LogP contribution in [0.25, 0.3) is 0 Å². The van der Waals surface area contributed by atoms with Crippen LogP contribution in [-0.2, 0) is 17.7 Å². The lowest BCUT2D eigenvalue weighted by atomic mass is 10.1. The molecule has 1 saturated carbocycles. The summed E-state index contributed by atoms with van der Waals surface area (Å²) in [6.07, 6.45) is 9.95. The van der Waals surface area contributed by atoms with Crippen LogP contribution in [0, 0.1) is 0 Å². The molecule has 1 atom stereocenters. The minimum atomic E-state index is -0.180. The number of carbonyl (C=O) groups is 1. The molecule has 6 heteroatoms. The Bertz CT molecular complexity index is 766. The van der Waals surface area contributed by atoms with Gasteiger partial charge in [-0.15, -0.1) is 0 Å². The molecule has 6 nitrogen and oxygen atoms in total. The molecule has 1 aliphatic carbocycles. The summed E-state index contributed by atoms with van der Waals surface area (Å²) in [5, 5.41) is 10.9. The number of nitrogens with one attached hydrogen (secondary N) is 2. The first-order chi connectivity index (χ1) is 13.8. The summed E-state index contributed by atoms with van der Waals surface area (Å²) in [5.41, 5.74) is 3.40. The predicted octanol–water partition coefficient (Wildman–Crippen LogP) is 3.57. The van der Waals surface area contributed by atoms with Gasteiger partial charge in [-0.05, 0) is 30.4 Å². The van der Waals surface area contributed by atoms with Crippen molar-refractivity contribution in [2.45, 2.75) is 63.6 Å². The number of rotatable bonds is 5. The monoisotopic (exact) mass is 382 g/mol. The van der Waals surface area contributed by atoms with E-state index in [1.807, 2.05) is 22.9 Å². The van der Waals surface area contributed by atoms with E-state index in [0.717, 1.165) is 31.5 Å². The number of ether oxygens (including phenoxy) is 1. The molecule has 28 heavy (non-hydrogen) atoms. The maximum atomic E-state index is 12.3. The Morgan fingerprint density at radius 1 is 1.14 bits per heavy atom. The van der Waals surface area contributed by atoms with Gasteiger partial charge >= 0.3 is 6.03 Å². The highest BCUT2D eigenvalue weighted by molar-refractivity contribution is 5.74. The molecule has 2 aliphatic rings. The Hall–Kier alpha value is -2.34. The first-order valence-corrected chi connectivity index (χ1v) is 10.5. The number of hydrogen-bond acceptors (Lipinski definition) is 3. The third-order valence-corrected chi connectivity index (χ3v) is 5.69. The maximum Gasteiger partial charge on any atom is 0.315 e. The van der Waals surface area contributed by atoms with Crippen molar-refractivity contribution in [2.24, 2.45) is 0 Å². The molecule has 150 valence electrons. The largest absolute Gasteiger partial charge is 0.370 e. The molecule has 2 heterocycles. The summed E-state index contributed by atoms with van der Waals surface area (Å²) in [6.45, 7) is 1.87. The van der Waals surface area contributed by atoms with Crippen LogP contribution in [0.1, 0.15) is 61.4 Å². The summed E-state index contributed by atoms with van der Waals surface area (Å²) in [6, 6.07) is 10.5. The van der Waals surface area contributed by atoms with Gasteiger partial charge in [0.15, 0.2) is 0 Å². The van der Waals surface area contributed by atoms with Crippen LogP contribution in [0.4, 0.5) is 4.79 Å². The first kappa shape index (κ1) is 19.0. The van der Waals surface area contributed by atoms with Crippen molar-refractivity contribution in [3.63, 3.8) is 0 Å². The minimum Gasteiger partial charge on any atom is -0.370 e. The van der Waals surface area contributed by atoms with Crippen LogP contribution in [0.3, 0.4) is 0 Å². The lowest BCUT2D eigenvalue weighted by Gasteiger charge is -2.23. The third kappa shape index (κ3) is 4.93. The van der Waals surface area contributed by atoms with E-state index in [1.54, 1.807) is 0 Å². The summed E-state index contributed by atoms with van der Waals surface area (Å²) in [7, 11) is 0. The number of benzene rings is 1. The number of aromatic nitrogens is 2. The van der Waals surface area contributed by atoms with E-state index >= 15 is 0 Å². The van der Waals surface area contributed by atoms with E-state index in [9.17, 15) is 4.79 Å². The van der Waals surface area contributed by atoms with Gasteiger partial charge in [-0.2, -0.15) is 5.10 Å². The van der Waals surface area contributed by atoms with Crippen LogP contribution >= 0.6 is 0 Å². The summed E-state index contributed by atoms with van der Waals surface area (Å²) in [4.78, 5) is 12.3. The van der Waals surface area contributed by atoms with Crippen LogP contribution in [0.15, 0.2) is 36.5 Å². The molecule has 1 aromatic heterocycles. The molecule has 0 spiro atoms. The van der Waals surface area contributed by atoms with E-state index in [0.29, 0.717) is 19.2 Å². The van der Waals surface area contributed by atoms with Gasteiger partial charge in [0.25, 0.3) is 0 Å². The third-order valence-electron chi connectivity index (χ3n) is 5.69. The zero-order valence-corrected chi connectivity index (χ0v) is 16.4. The molecule has 0 saturated heterocycles. The Morgan fingerprint density at radius 3 is 2.71 bits per heavy atom. The molecule has 0 radical (unpaired) electrons. The number of carbonyl (C=O) groups excluding carboxylic acids is 1. The molecule has 0 bridgehead atoms. The second-order valence-electron chi connectivity index (χ2n) is 7.88. The zero-order valence-electron chi connectivity index (χ0n) is 16.4. The molecule has 0 unspecified atom stereocenters. The molecular formula is C22H30N4O2. The Balaban J connectivity index is 1.33. The molecule has 4 rings (SSSR count). The van der Waals surface area contributed by atoms with E-state index in [1.165, 1.54) is 36.8 Å². The van der Waals surface area contributed by atoms with Gasteiger partial charge < -0.3 is 15.4 Å². The molecule has 1 aromatic carbocycles. The average Bonchev–Trinajstić information content (AvgIpc) is 2.94. The highest BCUT2D eigenvalue weighted by Crippen LogP contribution is 2.25. The van der Waals surface area contributed by atoms with Crippen molar-refractivity contribution in [3.8, 4) is 0 Å². The average molecular weight is 383 g/mol. The quantitative estimate of drug-likeness (QED) is 0.777. The fraction of sp³-hybridized carbons (Fsp3) is 0.545. The van der Waals surface area contributed by atoms with Crippen molar-refractivity contribution in [1.82, 2.24) is 20.4 Å². The fourth-order valence-electron chi connectivity index (χ4n) is 4.18. The summed E-state index contributed by atoms with van der Waals surface area (Å²) < 4.78 is 7.89. The fourth-order valence-corrected chi connectivity index (χ4v) is 4.18. The topological polar surface area (TPSA) is 68.2 Å². The summed E-state index contributed by atoms with van der Waals surface area (Å²) in [5.74, 6) is 0. The number of fused-ring (bicyclic) bond motifs is 1. The smallest absolute Gasteiger partial charge is 0.315 e. The van der Waals surface area contributed by atoms with Crippen LogP contribution < -0.4 is 10.6 Å². The highest BCUT2D eigenvalue weighted by atomic mass is 16.5. The number of hydrogen-bond donors (Lipinski definition) is 2. The van der Waals surface area contributed by atoms with Crippen molar-refractivity contribution < 1.29 is 9.53 Å². The molecule has 2 aromatic rings. The van der Waals surface area contributed by atoms with Gasteiger partial charge in [0.2, 0.25) is 0 Å². The number of nitrogens with zero attached hydrogens (tertiary/aromatic N) is 2. The molecule has 2 amide bonds. The molecule has 2 N–H and O–H groups in total. The second kappa shape index (κ2) is 9.24.